The highest BCUT2D eigenvalue weighted by Gasteiger charge is 2.18. The van der Waals surface area contributed by atoms with Gasteiger partial charge in [-0.15, -0.1) is 5.10 Å². The largest absolute Gasteiger partial charge is 0.497 e. The van der Waals surface area contributed by atoms with Crippen LogP contribution in [0, 0.1) is 4.77 Å². The molecule has 1 aromatic carbocycles. The second kappa shape index (κ2) is 9.66. The number of quaternary nitrogens is 1. The monoisotopic (exact) mass is 392 g/mol. The fourth-order valence-electron chi connectivity index (χ4n) is 2.84. The average molecular weight is 393 g/mol. The van der Waals surface area contributed by atoms with Gasteiger partial charge in [-0.05, 0) is 56.8 Å². The number of likely N-dealkylation sites (N-methyl/N-ethyl adjacent to an activating group) is 1. The maximum Gasteiger partial charge on any atom is 0.275 e. The third-order valence-electron chi connectivity index (χ3n) is 4.19. The van der Waals surface area contributed by atoms with Crippen LogP contribution in [0.3, 0.4) is 0 Å². The molecule has 7 nitrogen and oxygen atoms in total. The van der Waals surface area contributed by atoms with Gasteiger partial charge in [0.15, 0.2) is 19.0 Å². The number of carbonyl (C=O) groups excluding carboxylic acids is 1. The van der Waals surface area contributed by atoms with E-state index in [2.05, 4.69) is 19.2 Å². The molecule has 1 amide bonds. The van der Waals surface area contributed by atoms with E-state index in [1.54, 1.807) is 11.8 Å². The number of hydrogen-bond acceptors (Lipinski definition) is 4. The molecule has 1 unspecified atom stereocenters. The number of rotatable bonds is 9. The highest BCUT2D eigenvalue weighted by Crippen LogP contribution is 2.24. The van der Waals surface area contributed by atoms with E-state index in [0.29, 0.717) is 24.5 Å². The Labute approximate surface area is 165 Å². The van der Waals surface area contributed by atoms with E-state index in [4.69, 9.17) is 22.1 Å². The van der Waals surface area contributed by atoms with Crippen LogP contribution < -0.4 is 15.0 Å². The van der Waals surface area contributed by atoms with E-state index in [1.165, 1.54) is 0 Å². The minimum atomic E-state index is 0.0412. The highest BCUT2D eigenvalue weighted by molar-refractivity contribution is 7.71. The summed E-state index contributed by atoms with van der Waals surface area (Å²) in [5.74, 6) is 1.66. The van der Waals surface area contributed by atoms with E-state index in [9.17, 15) is 4.79 Å². The van der Waals surface area contributed by atoms with Gasteiger partial charge < -0.3 is 15.0 Å². The summed E-state index contributed by atoms with van der Waals surface area (Å²) in [5, 5.41) is 7.65. The molecule has 1 aromatic heterocycles. The normalized spacial score (nSPS) is 12.2. The molecule has 1 heterocycles. The number of carbonyl (C=O) groups is 1. The topological polar surface area (TPSA) is 65.5 Å². The number of aromatic nitrogens is 3. The van der Waals surface area contributed by atoms with Crippen LogP contribution in [-0.2, 0) is 11.5 Å². The first-order valence-electron chi connectivity index (χ1n) is 9.29. The van der Waals surface area contributed by atoms with Gasteiger partial charge in [0, 0.05) is 18.2 Å². The Bertz CT molecular complexity index is 810. The van der Waals surface area contributed by atoms with Crippen LogP contribution in [0.1, 0.15) is 33.2 Å². The molecule has 2 rings (SSSR count). The molecule has 0 spiro atoms. The van der Waals surface area contributed by atoms with Gasteiger partial charge in [0.05, 0.1) is 14.2 Å². The number of nitrogens with zero attached hydrogens (tertiary/aromatic N) is 3. The molecule has 0 radical (unpaired) electrons. The van der Waals surface area contributed by atoms with Gasteiger partial charge in [0.1, 0.15) is 5.75 Å². The minimum absolute atomic E-state index is 0.0412. The fraction of sp³-hybridized carbons (Fsp3) is 0.526. The number of benzene rings is 1. The summed E-state index contributed by atoms with van der Waals surface area (Å²) < 4.78 is 9.74. The molecule has 0 aliphatic carbocycles. The molecule has 0 saturated carbocycles. The molecule has 0 bridgehead atoms. The summed E-state index contributed by atoms with van der Waals surface area (Å²) in [6.45, 7) is 7.83. The van der Waals surface area contributed by atoms with Gasteiger partial charge in [-0.25, -0.2) is 0 Å². The number of methoxy groups -OCH3 is 1. The van der Waals surface area contributed by atoms with Crippen LogP contribution in [0.25, 0.3) is 11.4 Å². The molecule has 0 aliphatic heterocycles. The van der Waals surface area contributed by atoms with Crippen molar-refractivity contribution in [2.75, 3.05) is 27.2 Å². The molecule has 2 aromatic rings. The summed E-state index contributed by atoms with van der Waals surface area (Å²) >= 11 is 5.66. The van der Waals surface area contributed by atoms with Gasteiger partial charge in [-0.2, -0.15) is 4.68 Å². The lowest BCUT2D eigenvalue weighted by Gasteiger charge is -2.13. The summed E-state index contributed by atoms with van der Waals surface area (Å²) in [4.78, 5) is 13.0. The van der Waals surface area contributed by atoms with Crippen molar-refractivity contribution >= 4 is 18.1 Å². The second-order valence-electron chi connectivity index (χ2n) is 6.94. The predicted molar refractivity (Wildman–Crippen MR) is 108 cm³/mol. The van der Waals surface area contributed by atoms with E-state index in [-0.39, 0.29) is 11.9 Å². The van der Waals surface area contributed by atoms with Crippen molar-refractivity contribution < 1.29 is 14.4 Å². The Morgan fingerprint density at radius 1 is 1.33 bits per heavy atom. The molecule has 0 saturated heterocycles. The lowest BCUT2D eigenvalue weighted by Crippen LogP contribution is -3.09. The maximum atomic E-state index is 11.9. The maximum absolute atomic E-state index is 11.9. The number of ether oxygens (including phenoxy) is 1. The van der Waals surface area contributed by atoms with Crippen LogP contribution >= 0.6 is 12.2 Å². The summed E-state index contributed by atoms with van der Waals surface area (Å²) in [6.07, 6.45) is 0.930. The van der Waals surface area contributed by atoms with Crippen LogP contribution in [0.4, 0.5) is 0 Å². The number of amides is 1. The highest BCUT2D eigenvalue weighted by atomic mass is 32.1. The zero-order valence-corrected chi connectivity index (χ0v) is 17.6. The SMILES string of the molecule is CCCNC(=O)C[NH+](C)Cn1nc(-c2ccc(OC)cc2)n(C(C)C)c1=S. The zero-order chi connectivity index (χ0) is 20.0. The molecule has 2 N–H and O–H groups in total. The Kier molecular flexibility index (Phi) is 7.55. The molecular weight excluding hydrogens is 362 g/mol. The van der Waals surface area contributed by atoms with Crippen LogP contribution in [0.2, 0.25) is 0 Å². The Morgan fingerprint density at radius 2 is 2.00 bits per heavy atom. The van der Waals surface area contributed by atoms with Gasteiger partial charge in [0.2, 0.25) is 4.77 Å². The smallest absolute Gasteiger partial charge is 0.275 e. The standard InChI is InChI=1S/C19H29N5O2S/c1-6-11-20-17(25)12-22(4)13-23-19(27)24(14(2)3)18(21-23)15-7-9-16(26-5)10-8-15/h7-10,14H,6,11-13H2,1-5H3,(H,20,25)/p+1. The Morgan fingerprint density at radius 3 is 2.56 bits per heavy atom. The van der Waals surface area contributed by atoms with Crippen molar-refractivity contribution in [3.05, 3.63) is 29.0 Å². The Hall–Kier alpha value is -2.19. The molecule has 148 valence electrons. The average Bonchev–Trinajstić information content (AvgIpc) is 2.96. The molecule has 0 fully saturated rings. The first kappa shape index (κ1) is 21.1. The zero-order valence-electron chi connectivity index (χ0n) is 16.8. The van der Waals surface area contributed by atoms with Crippen molar-refractivity contribution in [1.29, 1.82) is 0 Å². The van der Waals surface area contributed by atoms with Gasteiger partial charge in [-0.3, -0.25) is 9.36 Å². The first-order valence-corrected chi connectivity index (χ1v) is 9.70. The second-order valence-corrected chi connectivity index (χ2v) is 7.31. The predicted octanol–water partition coefficient (Wildman–Crippen LogP) is 1.67. The molecule has 0 aliphatic rings. The number of hydrogen-bond donors (Lipinski definition) is 2. The van der Waals surface area contributed by atoms with Crippen LogP contribution in [0.15, 0.2) is 24.3 Å². The molecule has 8 heteroatoms. The van der Waals surface area contributed by atoms with E-state index >= 15 is 0 Å². The third-order valence-corrected chi connectivity index (χ3v) is 4.60. The van der Waals surface area contributed by atoms with E-state index in [0.717, 1.165) is 28.5 Å². The first-order chi connectivity index (χ1) is 12.9. The number of nitrogens with one attached hydrogen (secondary N) is 2. The van der Waals surface area contributed by atoms with Crippen molar-refractivity contribution in [2.45, 2.75) is 39.9 Å². The minimum Gasteiger partial charge on any atom is -0.497 e. The summed E-state index contributed by atoms with van der Waals surface area (Å²) in [6, 6.07) is 7.97. The third kappa shape index (κ3) is 5.40. The lowest BCUT2D eigenvalue weighted by atomic mass is 10.2. The summed E-state index contributed by atoms with van der Waals surface area (Å²) in [7, 11) is 3.61. The van der Waals surface area contributed by atoms with Crippen molar-refractivity contribution in [1.82, 2.24) is 19.7 Å². The van der Waals surface area contributed by atoms with Crippen LogP contribution in [0.5, 0.6) is 5.75 Å². The van der Waals surface area contributed by atoms with E-state index in [1.807, 2.05) is 42.8 Å². The molecule has 27 heavy (non-hydrogen) atoms. The lowest BCUT2D eigenvalue weighted by molar-refractivity contribution is -0.895. The van der Waals surface area contributed by atoms with Gasteiger partial charge in [0.25, 0.3) is 5.91 Å². The fourth-order valence-corrected chi connectivity index (χ4v) is 3.24. The van der Waals surface area contributed by atoms with Crippen molar-refractivity contribution in [3.63, 3.8) is 0 Å². The van der Waals surface area contributed by atoms with E-state index < -0.39 is 0 Å². The quantitative estimate of drug-likeness (QED) is 0.637. The Balaban J connectivity index is 2.25. The van der Waals surface area contributed by atoms with Crippen LogP contribution in [-0.4, -0.2) is 47.5 Å². The molecular formula is C19H30N5O2S+. The summed E-state index contributed by atoms with van der Waals surface area (Å²) in [5.41, 5.74) is 0.979. The molecule has 1 atom stereocenters. The van der Waals surface area contributed by atoms with Gasteiger partial charge in [-0.1, -0.05) is 6.92 Å². The van der Waals surface area contributed by atoms with Crippen molar-refractivity contribution in [2.24, 2.45) is 0 Å². The van der Waals surface area contributed by atoms with Crippen molar-refractivity contribution in [3.8, 4) is 17.1 Å². The van der Waals surface area contributed by atoms with Gasteiger partial charge >= 0.3 is 0 Å².